The molecule has 2 rings (SSSR count). The Morgan fingerprint density at radius 1 is 1.26 bits per heavy atom. The number of primary amides is 1. The Morgan fingerprint density at radius 2 is 2.00 bits per heavy atom. The molecule has 0 spiro atoms. The van der Waals surface area contributed by atoms with E-state index in [1.165, 1.54) is 0 Å². The number of carbonyl (C=O) groups excluding carboxylic acids is 2. The molecule has 0 radical (unpaired) electrons. The van der Waals surface area contributed by atoms with E-state index < -0.39 is 11.8 Å². The third-order valence-electron chi connectivity index (χ3n) is 2.99. The smallest absolute Gasteiger partial charge is 0.277 e. The van der Waals surface area contributed by atoms with Crippen molar-refractivity contribution >= 4 is 44.2 Å². The predicted molar refractivity (Wildman–Crippen MR) is 92.2 cm³/mol. The first-order valence-corrected chi connectivity index (χ1v) is 7.67. The van der Waals surface area contributed by atoms with Crippen LogP contribution >= 0.6 is 15.9 Å². The maximum Gasteiger partial charge on any atom is 0.277 e. The van der Waals surface area contributed by atoms with Crippen LogP contribution in [0.4, 0.5) is 0 Å². The number of amides is 2. The molecule has 3 N–H and O–H groups in total. The lowest BCUT2D eigenvalue weighted by Gasteiger charge is -2.09. The lowest BCUT2D eigenvalue weighted by molar-refractivity contribution is -0.123. The summed E-state index contributed by atoms with van der Waals surface area (Å²) < 4.78 is 6.29. The molecule has 0 saturated carbocycles. The third kappa shape index (κ3) is 4.79. The number of hydrazone groups is 1. The molecule has 0 aliphatic carbocycles. The highest BCUT2D eigenvalue weighted by Crippen LogP contribution is 2.32. The molecular formula is C16H16BrN3O3. The summed E-state index contributed by atoms with van der Waals surface area (Å²) in [6, 6.07) is 11.6. The highest BCUT2D eigenvalue weighted by Gasteiger charge is 2.08. The lowest BCUT2D eigenvalue weighted by Crippen LogP contribution is -2.26. The maximum atomic E-state index is 11.7. The number of hydrogen-bond donors (Lipinski definition) is 2. The van der Waals surface area contributed by atoms with Gasteiger partial charge < -0.3 is 10.5 Å². The topological polar surface area (TPSA) is 93.8 Å². The van der Waals surface area contributed by atoms with Crippen molar-refractivity contribution in [1.29, 1.82) is 0 Å². The highest BCUT2D eigenvalue weighted by atomic mass is 79.9. The summed E-state index contributed by atoms with van der Waals surface area (Å²) in [5, 5.41) is 5.85. The molecule has 0 heterocycles. The van der Waals surface area contributed by atoms with Crippen LogP contribution in [-0.4, -0.2) is 24.1 Å². The van der Waals surface area contributed by atoms with Gasteiger partial charge in [-0.1, -0.05) is 30.3 Å². The molecule has 120 valence electrons. The van der Waals surface area contributed by atoms with Crippen molar-refractivity contribution < 1.29 is 14.3 Å². The van der Waals surface area contributed by atoms with Crippen molar-refractivity contribution in [3.63, 3.8) is 0 Å². The van der Waals surface area contributed by atoms with E-state index in [2.05, 4.69) is 26.5 Å². The molecule has 0 atom stereocenters. The molecule has 0 fully saturated rings. The molecule has 0 bridgehead atoms. The van der Waals surface area contributed by atoms with Crippen LogP contribution in [0, 0.1) is 0 Å². The number of rotatable bonds is 6. The first-order valence-electron chi connectivity index (χ1n) is 6.87. The Balaban J connectivity index is 1.97. The predicted octanol–water partition coefficient (Wildman–Crippen LogP) is 2.35. The van der Waals surface area contributed by atoms with Crippen LogP contribution in [0.3, 0.4) is 0 Å². The fraction of sp³-hybridized carbons (Fsp3) is 0.188. The van der Waals surface area contributed by atoms with E-state index in [0.29, 0.717) is 11.5 Å². The first-order chi connectivity index (χ1) is 11.0. The average molecular weight is 378 g/mol. The van der Waals surface area contributed by atoms with E-state index in [1.807, 2.05) is 30.3 Å². The lowest BCUT2D eigenvalue weighted by atomic mass is 10.1. The van der Waals surface area contributed by atoms with E-state index in [-0.39, 0.29) is 13.0 Å². The van der Waals surface area contributed by atoms with Gasteiger partial charge in [-0.05, 0) is 39.7 Å². The van der Waals surface area contributed by atoms with E-state index in [1.54, 1.807) is 13.0 Å². The standard InChI is InChI=1S/C16H16BrN3O3/c1-10(8-14(18)21)19-20-15(22)9-23-13-7-6-11-4-2-3-5-12(11)16(13)17/h2-7H,8-9H2,1H3,(H2,18,21)(H,20,22)/b19-10-. The molecule has 0 aliphatic heterocycles. The molecule has 2 aromatic carbocycles. The van der Waals surface area contributed by atoms with Crippen molar-refractivity contribution in [3.8, 4) is 5.75 Å². The molecule has 0 saturated heterocycles. The molecule has 0 unspecified atom stereocenters. The van der Waals surface area contributed by atoms with E-state index >= 15 is 0 Å². The minimum absolute atomic E-state index is 0.00262. The Morgan fingerprint density at radius 3 is 2.74 bits per heavy atom. The van der Waals surface area contributed by atoms with E-state index in [4.69, 9.17) is 10.5 Å². The monoisotopic (exact) mass is 377 g/mol. The van der Waals surface area contributed by atoms with Crippen molar-refractivity contribution in [3.05, 3.63) is 40.9 Å². The number of halogens is 1. The first kappa shape index (κ1) is 17.0. The largest absolute Gasteiger partial charge is 0.483 e. The Hall–Kier alpha value is -2.41. The number of fused-ring (bicyclic) bond motifs is 1. The summed E-state index contributed by atoms with van der Waals surface area (Å²) in [5.41, 5.74) is 7.78. The van der Waals surface area contributed by atoms with Crippen LogP contribution in [0.25, 0.3) is 10.8 Å². The number of hydrogen-bond acceptors (Lipinski definition) is 4. The van der Waals surface area contributed by atoms with Gasteiger partial charge in [-0.3, -0.25) is 9.59 Å². The second-order valence-electron chi connectivity index (χ2n) is 4.91. The van der Waals surface area contributed by atoms with Crippen molar-refractivity contribution in [1.82, 2.24) is 5.43 Å². The molecule has 0 aromatic heterocycles. The van der Waals surface area contributed by atoms with Crippen LogP contribution in [0.15, 0.2) is 46.0 Å². The number of nitrogens with two attached hydrogens (primary N) is 1. The van der Waals surface area contributed by atoms with Crippen molar-refractivity contribution in [2.45, 2.75) is 13.3 Å². The van der Waals surface area contributed by atoms with Gasteiger partial charge in [0.1, 0.15) is 5.75 Å². The zero-order valence-electron chi connectivity index (χ0n) is 12.5. The van der Waals surface area contributed by atoms with Gasteiger partial charge in [0.25, 0.3) is 5.91 Å². The van der Waals surface area contributed by atoms with Crippen molar-refractivity contribution in [2.75, 3.05) is 6.61 Å². The molecule has 6 nitrogen and oxygen atoms in total. The summed E-state index contributed by atoms with van der Waals surface area (Å²) in [6.07, 6.45) is -0.00262. The van der Waals surface area contributed by atoms with Crippen LogP contribution < -0.4 is 15.9 Å². The summed E-state index contributed by atoms with van der Waals surface area (Å²) in [6.45, 7) is 1.41. The quantitative estimate of drug-likeness (QED) is 0.597. The number of nitrogens with one attached hydrogen (secondary N) is 1. The SMILES string of the molecule is C/C(CC(N)=O)=N/NC(=O)COc1ccc2ccccc2c1Br. The number of carbonyl (C=O) groups is 2. The molecular weight excluding hydrogens is 362 g/mol. The van der Waals surface area contributed by atoms with Gasteiger partial charge in [0.2, 0.25) is 5.91 Å². The third-order valence-corrected chi connectivity index (χ3v) is 3.81. The Bertz CT molecular complexity index is 774. The summed E-state index contributed by atoms with van der Waals surface area (Å²) in [7, 11) is 0. The normalized spacial score (nSPS) is 11.3. The van der Waals surface area contributed by atoms with E-state index in [9.17, 15) is 9.59 Å². The number of benzene rings is 2. The molecule has 7 heteroatoms. The van der Waals surface area contributed by atoms with E-state index in [0.717, 1.165) is 15.2 Å². The van der Waals surface area contributed by atoms with Gasteiger partial charge in [-0.15, -0.1) is 0 Å². The second-order valence-corrected chi connectivity index (χ2v) is 5.71. The zero-order valence-corrected chi connectivity index (χ0v) is 14.1. The average Bonchev–Trinajstić information content (AvgIpc) is 2.52. The highest BCUT2D eigenvalue weighted by molar-refractivity contribution is 9.10. The van der Waals surface area contributed by atoms with Gasteiger partial charge in [0.15, 0.2) is 6.61 Å². The number of nitrogens with zero attached hydrogens (tertiary/aromatic N) is 1. The molecule has 23 heavy (non-hydrogen) atoms. The maximum absolute atomic E-state index is 11.7. The van der Waals surface area contributed by atoms with Crippen molar-refractivity contribution in [2.24, 2.45) is 10.8 Å². The summed E-state index contributed by atoms with van der Waals surface area (Å²) in [4.78, 5) is 22.4. The molecule has 2 amide bonds. The number of ether oxygens (including phenoxy) is 1. The fourth-order valence-corrected chi connectivity index (χ4v) is 2.56. The van der Waals surface area contributed by atoms with Crippen LogP contribution in [0.1, 0.15) is 13.3 Å². The summed E-state index contributed by atoms with van der Waals surface area (Å²) >= 11 is 3.49. The fourth-order valence-electron chi connectivity index (χ4n) is 1.95. The zero-order chi connectivity index (χ0) is 16.8. The van der Waals surface area contributed by atoms with Gasteiger partial charge >= 0.3 is 0 Å². The van der Waals surface area contributed by atoms with Crippen LogP contribution in [-0.2, 0) is 9.59 Å². The summed E-state index contributed by atoms with van der Waals surface area (Å²) in [5.74, 6) is -0.359. The Kier molecular flexibility index (Phi) is 5.70. The van der Waals surface area contributed by atoms with Gasteiger partial charge in [-0.25, -0.2) is 5.43 Å². The molecule has 0 aliphatic rings. The van der Waals surface area contributed by atoms with Gasteiger partial charge in [0, 0.05) is 5.71 Å². The second kappa shape index (κ2) is 7.73. The Labute approximate surface area is 141 Å². The van der Waals surface area contributed by atoms with Gasteiger partial charge in [-0.2, -0.15) is 5.10 Å². The van der Waals surface area contributed by atoms with Crippen LogP contribution in [0.5, 0.6) is 5.75 Å². The van der Waals surface area contributed by atoms with Crippen LogP contribution in [0.2, 0.25) is 0 Å². The molecule has 2 aromatic rings. The minimum Gasteiger partial charge on any atom is -0.483 e. The minimum atomic E-state index is -0.503. The van der Waals surface area contributed by atoms with Gasteiger partial charge in [0.05, 0.1) is 10.9 Å².